The number of carbonyl (C=O) groups excluding carboxylic acids is 1. The first-order valence-electron chi connectivity index (χ1n) is 12.6. The summed E-state index contributed by atoms with van der Waals surface area (Å²) >= 11 is 0. The van der Waals surface area contributed by atoms with Crippen LogP contribution in [0.15, 0.2) is 35.1 Å². The molecule has 1 fully saturated rings. The number of β-amino-alcohol motifs (C(OH)–C–C–N with tert-alkyl or cyclic N) is 1. The van der Waals surface area contributed by atoms with Gasteiger partial charge in [-0.1, -0.05) is 25.1 Å². The molecule has 4 atom stereocenters. The smallest absolute Gasteiger partial charge is 0.264 e. The number of hydrogen-bond donors (Lipinski definition) is 2. The summed E-state index contributed by atoms with van der Waals surface area (Å²) in [5, 5.41) is 14.5. The molecule has 0 bridgehead atoms. The molecule has 3 rings (SSSR count). The Bertz CT molecular complexity index is 1240. The van der Waals surface area contributed by atoms with Crippen molar-refractivity contribution in [2.75, 3.05) is 26.4 Å². The van der Waals surface area contributed by atoms with Crippen molar-refractivity contribution >= 4 is 26.8 Å². The van der Waals surface area contributed by atoms with Crippen molar-refractivity contribution in [3.05, 3.63) is 46.2 Å². The van der Waals surface area contributed by atoms with Gasteiger partial charge in [-0.15, -0.1) is 0 Å². The highest BCUT2D eigenvalue weighted by atomic mass is 32.2. The number of amides is 1. The number of aliphatic hydroxyl groups excluding tert-OH is 1. The fourth-order valence-corrected chi connectivity index (χ4v) is 5.72. The van der Waals surface area contributed by atoms with Gasteiger partial charge in [-0.2, -0.15) is 0 Å². The van der Waals surface area contributed by atoms with Crippen LogP contribution in [-0.4, -0.2) is 83.8 Å². The van der Waals surface area contributed by atoms with Crippen molar-refractivity contribution < 1.29 is 18.3 Å². The molecule has 9 nitrogen and oxygen atoms in total. The zero-order valence-electron chi connectivity index (χ0n) is 22.1. The number of hydrogen-bond acceptors (Lipinski definition) is 6. The fraction of sp³-hybridized carbons (Fsp3) is 0.615. The summed E-state index contributed by atoms with van der Waals surface area (Å²) in [7, 11) is -1.91. The Labute approximate surface area is 214 Å². The highest BCUT2D eigenvalue weighted by Crippen LogP contribution is 2.26. The number of likely N-dealkylation sites (N-methyl/N-ethyl adjacent to an activating group) is 1. The third-order valence-electron chi connectivity index (χ3n) is 7.19. The number of likely N-dealkylation sites (tertiary alicyclic amines) is 1. The topological polar surface area (TPSA) is 112 Å². The van der Waals surface area contributed by atoms with E-state index in [4.69, 9.17) is 0 Å². The second-order valence-electron chi connectivity index (χ2n) is 10.3. The maximum absolute atomic E-state index is 13.3. The highest BCUT2D eigenvalue weighted by molar-refractivity contribution is 7.88. The molecule has 1 aliphatic rings. The lowest BCUT2D eigenvalue weighted by molar-refractivity contribution is 0.0187. The van der Waals surface area contributed by atoms with Crippen LogP contribution in [0.5, 0.6) is 0 Å². The first-order chi connectivity index (χ1) is 16.8. The molecule has 0 saturated carbocycles. The molecular formula is C26H40N4O5S. The van der Waals surface area contributed by atoms with Gasteiger partial charge in [0.05, 0.1) is 17.9 Å². The largest absolute Gasteiger partial charge is 0.390 e. The third-order valence-corrected chi connectivity index (χ3v) is 8.47. The minimum Gasteiger partial charge on any atom is -0.390 e. The molecule has 1 aliphatic heterocycles. The molecule has 36 heavy (non-hydrogen) atoms. The number of para-hydroxylation sites is 1. The molecule has 1 aromatic heterocycles. The molecule has 2 N–H and O–H groups in total. The van der Waals surface area contributed by atoms with Crippen LogP contribution < -0.4 is 10.9 Å². The predicted octanol–water partition coefficient (Wildman–Crippen LogP) is 2.20. The maximum atomic E-state index is 13.3. The van der Waals surface area contributed by atoms with E-state index < -0.39 is 16.1 Å². The molecule has 0 aliphatic carbocycles. The van der Waals surface area contributed by atoms with Crippen molar-refractivity contribution in [2.24, 2.45) is 0 Å². The average molecular weight is 521 g/mol. The predicted molar refractivity (Wildman–Crippen MR) is 143 cm³/mol. The molecular weight excluding hydrogens is 480 g/mol. The Hall–Kier alpha value is -2.27. The summed E-state index contributed by atoms with van der Waals surface area (Å²) in [6, 6.07) is 9.24. The van der Waals surface area contributed by atoms with Crippen LogP contribution in [0, 0.1) is 0 Å². The summed E-state index contributed by atoms with van der Waals surface area (Å²) in [5.74, 6) is -0.365. The van der Waals surface area contributed by atoms with Crippen molar-refractivity contribution in [2.45, 2.75) is 77.2 Å². The monoisotopic (exact) mass is 520 g/mol. The second kappa shape index (κ2) is 11.4. The molecule has 2 heterocycles. The second-order valence-corrected chi connectivity index (χ2v) is 12.4. The summed E-state index contributed by atoms with van der Waals surface area (Å²) in [6.07, 6.45) is 2.48. The normalized spacial score (nSPS) is 22.3. The standard InChI is InChI=1S/C26H40N4O5S/c1-7-21-14-20(12-18(4)29(21)16-22(31)15-28(5)36(6,34)35)27-25(32)23-13-19-10-8-9-11-24(19)30(17(2)3)26(23)33/h8-11,13,17-18,20-22,31H,7,12,14-16H2,1-6H3,(H,27,32). The number of carbonyl (C=O) groups is 1. The third kappa shape index (κ3) is 6.34. The lowest BCUT2D eigenvalue weighted by Gasteiger charge is -2.45. The number of aliphatic hydroxyl groups is 1. The lowest BCUT2D eigenvalue weighted by Crippen LogP contribution is -2.56. The van der Waals surface area contributed by atoms with E-state index in [0.717, 1.165) is 27.9 Å². The quantitative estimate of drug-likeness (QED) is 0.524. The van der Waals surface area contributed by atoms with Crippen LogP contribution in [0.2, 0.25) is 0 Å². The van der Waals surface area contributed by atoms with E-state index in [-0.39, 0.29) is 47.7 Å². The Balaban J connectivity index is 1.74. The van der Waals surface area contributed by atoms with Crippen LogP contribution in [0.3, 0.4) is 0 Å². The first kappa shape index (κ1) is 28.3. The zero-order valence-corrected chi connectivity index (χ0v) is 23.0. The first-order valence-corrected chi connectivity index (χ1v) is 14.5. The molecule has 10 heteroatoms. The van der Waals surface area contributed by atoms with Gasteiger partial charge in [0, 0.05) is 44.3 Å². The molecule has 2 aromatic rings. The van der Waals surface area contributed by atoms with Crippen LogP contribution in [-0.2, 0) is 10.0 Å². The van der Waals surface area contributed by atoms with E-state index in [2.05, 4.69) is 24.1 Å². The van der Waals surface area contributed by atoms with Gasteiger partial charge in [0.15, 0.2) is 0 Å². The lowest BCUT2D eigenvalue weighted by atomic mass is 9.90. The SMILES string of the molecule is CCC1CC(NC(=O)c2cc3ccccc3n(C(C)C)c2=O)CC(C)N1CC(O)CN(C)S(C)(=O)=O. The van der Waals surface area contributed by atoms with Crippen LogP contribution in [0.25, 0.3) is 10.9 Å². The number of piperidine rings is 1. The van der Waals surface area contributed by atoms with Gasteiger partial charge >= 0.3 is 0 Å². The van der Waals surface area contributed by atoms with Crippen molar-refractivity contribution in [1.82, 2.24) is 19.1 Å². The summed E-state index contributed by atoms with van der Waals surface area (Å²) in [5.41, 5.74) is 0.656. The molecule has 1 amide bonds. The van der Waals surface area contributed by atoms with E-state index >= 15 is 0 Å². The fourth-order valence-electron chi connectivity index (χ4n) is 5.27. The molecule has 0 spiro atoms. The van der Waals surface area contributed by atoms with Gasteiger partial charge in [-0.05, 0) is 57.6 Å². The van der Waals surface area contributed by atoms with Gasteiger partial charge in [0.25, 0.3) is 11.5 Å². The van der Waals surface area contributed by atoms with Gasteiger partial charge in [0.1, 0.15) is 5.56 Å². The van der Waals surface area contributed by atoms with Crippen molar-refractivity contribution in [3.8, 4) is 0 Å². The highest BCUT2D eigenvalue weighted by Gasteiger charge is 2.35. The van der Waals surface area contributed by atoms with Gasteiger partial charge in [-0.3, -0.25) is 14.5 Å². The number of aromatic nitrogens is 1. The minimum absolute atomic E-state index is 0.0305. The average Bonchev–Trinajstić information content (AvgIpc) is 2.79. The Kier molecular flexibility index (Phi) is 8.97. The van der Waals surface area contributed by atoms with Crippen LogP contribution in [0.4, 0.5) is 0 Å². The minimum atomic E-state index is -3.37. The molecule has 0 radical (unpaired) electrons. The number of fused-ring (bicyclic) bond motifs is 1. The zero-order chi connectivity index (χ0) is 26.8. The number of sulfonamides is 1. The summed E-state index contributed by atoms with van der Waals surface area (Å²) in [6.45, 7) is 8.36. The number of benzene rings is 1. The van der Waals surface area contributed by atoms with Gasteiger partial charge < -0.3 is 15.0 Å². The van der Waals surface area contributed by atoms with Crippen molar-refractivity contribution in [3.63, 3.8) is 0 Å². The van der Waals surface area contributed by atoms with E-state index in [1.165, 1.54) is 7.05 Å². The van der Waals surface area contributed by atoms with E-state index in [1.807, 2.05) is 38.1 Å². The molecule has 4 unspecified atom stereocenters. The molecule has 1 saturated heterocycles. The number of rotatable bonds is 9. The molecule has 200 valence electrons. The summed E-state index contributed by atoms with van der Waals surface area (Å²) < 4.78 is 26.2. The van der Waals surface area contributed by atoms with Crippen LogP contribution >= 0.6 is 0 Å². The van der Waals surface area contributed by atoms with E-state index in [0.29, 0.717) is 19.4 Å². The van der Waals surface area contributed by atoms with E-state index in [1.54, 1.807) is 10.6 Å². The van der Waals surface area contributed by atoms with Crippen LogP contribution in [0.1, 0.15) is 63.4 Å². The van der Waals surface area contributed by atoms with Gasteiger partial charge in [0.2, 0.25) is 10.0 Å². The Morgan fingerprint density at radius 2 is 1.92 bits per heavy atom. The number of nitrogens with one attached hydrogen (secondary N) is 1. The number of nitrogens with zero attached hydrogens (tertiary/aromatic N) is 3. The number of pyridine rings is 1. The van der Waals surface area contributed by atoms with Gasteiger partial charge in [-0.25, -0.2) is 12.7 Å². The summed E-state index contributed by atoms with van der Waals surface area (Å²) in [4.78, 5) is 28.7. The Morgan fingerprint density at radius 3 is 2.53 bits per heavy atom. The van der Waals surface area contributed by atoms with E-state index in [9.17, 15) is 23.1 Å². The molecule has 1 aromatic carbocycles. The van der Waals surface area contributed by atoms with Crippen molar-refractivity contribution in [1.29, 1.82) is 0 Å². The maximum Gasteiger partial charge on any atom is 0.264 e. The Morgan fingerprint density at radius 1 is 1.25 bits per heavy atom.